The van der Waals surface area contributed by atoms with Crippen molar-refractivity contribution in [1.29, 1.82) is 0 Å². The molecule has 126 valence electrons. The molecule has 0 heterocycles. The molecule has 0 radical (unpaired) electrons. The maximum absolute atomic E-state index is 12.0. The first-order valence-electron chi connectivity index (χ1n) is 8.81. The molecule has 2 N–H and O–H groups in total. The predicted octanol–water partition coefficient (Wildman–Crippen LogP) is 3.66. The SMILES string of the molecule is CCCCc1ccc(NC(=O)C(=O)N[C@@H]2CCCC[C@H]2C)cc1. The Labute approximate surface area is 139 Å². The van der Waals surface area contributed by atoms with Crippen molar-refractivity contribution in [2.24, 2.45) is 5.92 Å². The average molecular weight is 316 g/mol. The molecule has 2 amide bonds. The zero-order chi connectivity index (χ0) is 16.7. The fraction of sp³-hybridized carbons (Fsp3) is 0.579. The summed E-state index contributed by atoms with van der Waals surface area (Å²) in [4.78, 5) is 24.1. The fourth-order valence-electron chi connectivity index (χ4n) is 3.09. The highest BCUT2D eigenvalue weighted by atomic mass is 16.2. The van der Waals surface area contributed by atoms with Gasteiger partial charge in [-0.3, -0.25) is 9.59 Å². The largest absolute Gasteiger partial charge is 0.345 e. The molecule has 1 aromatic carbocycles. The van der Waals surface area contributed by atoms with E-state index in [2.05, 4.69) is 24.5 Å². The number of hydrogen-bond acceptors (Lipinski definition) is 2. The Hall–Kier alpha value is -1.84. The van der Waals surface area contributed by atoms with Gasteiger partial charge in [0.25, 0.3) is 0 Å². The Morgan fingerprint density at radius 1 is 1.09 bits per heavy atom. The van der Waals surface area contributed by atoms with E-state index in [1.807, 2.05) is 24.3 Å². The van der Waals surface area contributed by atoms with Crippen LogP contribution in [-0.4, -0.2) is 17.9 Å². The summed E-state index contributed by atoms with van der Waals surface area (Å²) in [6, 6.07) is 7.86. The predicted molar refractivity (Wildman–Crippen MR) is 93.2 cm³/mol. The summed E-state index contributed by atoms with van der Waals surface area (Å²) in [5, 5.41) is 5.56. The highest BCUT2D eigenvalue weighted by Gasteiger charge is 2.25. The minimum atomic E-state index is -0.580. The number of rotatable bonds is 5. The van der Waals surface area contributed by atoms with Crippen LogP contribution in [0.25, 0.3) is 0 Å². The fourth-order valence-corrected chi connectivity index (χ4v) is 3.09. The Morgan fingerprint density at radius 3 is 2.43 bits per heavy atom. The van der Waals surface area contributed by atoms with Crippen molar-refractivity contribution in [2.75, 3.05) is 5.32 Å². The van der Waals surface area contributed by atoms with Crippen LogP contribution in [0.1, 0.15) is 57.9 Å². The van der Waals surface area contributed by atoms with Gasteiger partial charge in [0.2, 0.25) is 0 Å². The van der Waals surface area contributed by atoms with Crippen LogP contribution >= 0.6 is 0 Å². The summed E-state index contributed by atoms with van der Waals surface area (Å²) in [7, 11) is 0. The Morgan fingerprint density at radius 2 is 1.78 bits per heavy atom. The molecule has 1 aliphatic carbocycles. The van der Waals surface area contributed by atoms with Crippen molar-refractivity contribution in [1.82, 2.24) is 5.32 Å². The van der Waals surface area contributed by atoms with Gasteiger partial charge in [-0.25, -0.2) is 0 Å². The normalized spacial score (nSPS) is 20.8. The van der Waals surface area contributed by atoms with Gasteiger partial charge in [-0.1, -0.05) is 45.2 Å². The number of amides is 2. The molecule has 2 atom stereocenters. The third-order valence-corrected chi connectivity index (χ3v) is 4.67. The second kappa shape index (κ2) is 8.70. The molecule has 23 heavy (non-hydrogen) atoms. The highest BCUT2D eigenvalue weighted by Crippen LogP contribution is 2.23. The quantitative estimate of drug-likeness (QED) is 0.814. The van der Waals surface area contributed by atoms with Gasteiger partial charge in [-0.2, -0.15) is 0 Å². The molecule has 0 aromatic heterocycles. The molecule has 0 unspecified atom stereocenters. The van der Waals surface area contributed by atoms with Crippen LogP contribution in [0, 0.1) is 5.92 Å². The first-order valence-corrected chi connectivity index (χ1v) is 8.81. The van der Waals surface area contributed by atoms with Gasteiger partial charge in [-0.05, 0) is 49.3 Å². The third kappa shape index (κ3) is 5.38. The number of nitrogens with one attached hydrogen (secondary N) is 2. The summed E-state index contributed by atoms with van der Waals surface area (Å²) in [6.07, 6.45) is 7.79. The molecular formula is C19H28N2O2. The zero-order valence-corrected chi connectivity index (χ0v) is 14.2. The molecule has 4 heteroatoms. The van der Waals surface area contributed by atoms with E-state index in [9.17, 15) is 9.59 Å². The number of carbonyl (C=O) groups is 2. The van der Waals surface area contributed by atoms with E-state index in [1.165, 1.54) is 12.0 Å². The molecule has 1 saturated carbocycles. The van der Waals surface area contributed by atoms with E-state index in [0.29, 0.717) is 11.6 Å². The first-order chi connectivity index (χ1) is 11.1. The summed E-state index contributed by atoms with van der Waals surface area (Å²) in [5.41, 5.74) is 1.92. The number of benzene rings is 1. The van der Waals surface area contributed by atoms with E-state index in [0.717, 1.165) is 38.5 Å². The van der Waals surface area contributed by atoms with Crippen LogP contribution < -0.4 is 10.6 Å². The maximum Gasteiger partial charge on any atom is 0.313 e. The molecule has 1 fully saturated rings. The maximum atomic E-state index is 12.0. The monoisotopic (exact) mass is 316 g/mol. The number of carbonyl (C=O) groups excluding carboxylic acids is 2. The van der Waals surface area contributed by atoms with Gasteiger partial charge >= 0.3 is 11.8 Å². The first kappa shape index (κ1) is 17.5. The van der Waals surface area contributed by atoms with Crippen molar-refractivity contribution in [3.8, 4) is 0 Å². The van der Waals surface area contributed by atoms with Crippen LogP contribution in [0.3, 0.4) is 0 Å². The Kier molecular flexibility index (Phi) is 6.63. The van der Waals surface area contributed by atoms with Gasteiger partial charge in [0.05, 0.1) is 0 Å². The van der Waals surface area contributed by atoms with Crippen molar-refractivity contribution >= 4 is 17.5 Å². The molecule has 1 aromatic rings. The van der Waals surface area contributed by atoms with Gasteiger partial charge < -0.3 is 10.6 Å². The lowest BCUT2D eigenvalue weighted by Crippen LogP contribution is -2.45. The van der Waals surface area contributed by atoms with Crippen LogP contribution in [0.15, 0.2) is 24.3 Å². The highest BCUT2D eigenvalue weighted by molar-refractivity contribution is 6.39. The Bertz CT molecular complexity index is 525. The lowest BCUT2D eigenvalue weighted by atomic mass is 9.86. The van der Waals surface area contributed by atoms with Crippen molar-refractivity contribution in [3.63, 3.8) is 0 Å². The Balaban J connectivity index is 1.84. The smallest absolute Gasteiger partial charge is 0.313 e. The van der Waals surface area contributed by atoms with Gasteiger partial charge in [0, 0.05) is 11.7 Å². The standard InChI is InChI=1S/C19H28N2O2/c1-3-4-8-15-10-12-16(13-11-15)20-18(22)19(23)21-17-9-6-5-7-14(17)2/h10-14,17H,3-9H2,1-2H3,(H,20,22)(H,21,23)/t14-,17-/m1/s1. The third-order valence-electron chi connectivity index (χ3n) is 4.67. The number of unbranched alkanes of at least 4 members (excludes halogenated alkanes) is 1. The lowest BCUT2D eigenvalue weighted by Gasteiger charge is -2.29. The lowest BCUT2D eigenvalue weighted by molar-refractivity contribution is -0.137. The average Bonchev–Trinajstić information content (AvgIpc) is 2.56. The topological polar surface area (TPSA) is 58.2 Å². The van der Waals surface area contributed by atoms with E-state index in [-0.39, 0.29) is 6.04 Å². The summed E-state index contributed by atoms with van der Waals surface area (Å²) < 4.78 is 0. The summed E-state index contributed by atoms with van der Waals surface area (Å²) >= 11 is 0. The van der Waals surface area contributed by atoms with Crippen molar-refractivity contribution in [2.45, 2.75) is 64.8 Å². The second-order valence-electron chi connectivity index (χ2n) is 6.60. The summed E-state index contributed by atoms with van der Waals surface area (Å²) in [6.45, 7) is 4.30. The minimum Gasteiger partial charge on any atom is -0.345 e. The minimum absolute atomic E-state index is 0.124. The molecule has 0 aliphatic heterocycles. The van der Waals surface area contributed by atoms with Crippen molar-refractivity contribution in [3.05, 3.63) is 29.8 Å². The molecule has 4 nitrogen and oxygen atoms in total. The van der Waals surface area contributed by atoms with Crippen LogP contribution in [0.4, 0.5) is 5.69 Å². The number of hydrogen-bond donors (Lipinski definition) is 2. The van der Waals surface area contributed by atoms with E-state index < -0.39 is 11.8 Å². The second-order valence-corrected chi connectivity index (χ2v) is 6.60. The van der Waals surface area contributed by atoms with Crippen molar-refractivity contribution < 1.29 is 9.59 Å². The zero-order valence-electron chi connectivity index (χ0n) is 14.2. The molecule has 0 spiro atoms. The van der Waals surface area contributed by atoms with Gasteiger partial charge in [0.15, 0.2) is 0 Å². The number of aryl methyl sites for hydroxylation is 1. The molecule has 2 rings (SSSR count). The number of anilines is 1. The van der Waals surface area contributed by atoms with Gasteiger partial charge in [-0.15, -0.1) is 0 Å². The van der Waals surface area contributed by atoms with Crippen LogP contribution in [0.2, 0.25) is 0 Å². The van der Waals surface area contributed by atoms with Gasteiger partial charge in [0.1, 0.15) is 0 Å². The van der Waals surface area contributed by atoms with E-state index in [1.54, 1.807) is 0 Å². The molecule has 0 bridgehead atoms. The van der Waals surface area contributed by atoms with Crippen LogP contribution in [0.5, 0.6) is 0 Å². The molecule has 0 saturated heterocycles. The molecular weight excluding hydrogens is 288 g/mol. The van der Waals surface area contributed by atoms with E-state index >= 15 is 0 Å². The molecule has 1 aliphatic rings. The summed E-state index contributed by atoms with van der Waals surface area (Å²) in [5.74, 6) is -0.666. The van der Waals surface area contributed by atoms with Crippen LogP contribution in [-0.2, 0) is 16.0 Å². The van der Waals surface area contributed by atoms with E-state index in [4.69, 9.17) is 0 Å².